The Balaban J connectivity index is 1.87. The monoisotopic (exact) mass is 389 g/mol. The molecule has 5 nitrogen and oxygen atoms in total. The van der Waals surface area contributed by atoms with E-state index in [-0.39, 0.29) is 18.6 Å². The Labute approximate surface area is 165 Å². The van der Waals surface area contributed by atoms with Gasteiger partial charge in [0.15, 0.2) is 0 Å². The number of hydrogen-bond acceptors (Lipinski definition) is 4. The van der Waals surface area contributed by atoms with Crippen LogP contribution >= 0.6 is 11.3 Å². The maximum Gasteiger partial charge on any atom is 0.320 e. The van der Waals surface area contributed by atoms with Crippen LogP contribution in [0.15, 0.2) is 18.2 Å². The second-order valence-corrected chi connectivity index (χ2v) is 8.39. The molecule has 2 amide bonds. The largest absolute Gasteiger partial charge is 0.372 e. The van der Waals surface area contributed by atoms with Crippen molar-refractivity contribution in [2.45, 2.75) is 77.5 Å². The highest BCUT2D eigenvalue weighted by molar-refractivity contribution is 7.18. The second-order valence-electron chi connectivity index (χ2n) is 7.36. The third-order valence-electron chi connectivity index (χ3n) is 5.26. The number of carbonyl (C=O) groups is 1. The normalized spacial score (nSPS) is 18.3. The molecule has 2 unspecified atom stereocenters. The standard InChI is InChI=1S/C21H31N3O2S/c1-3-5-7-8-10-15-11-9-12-16-19(15)27-20(23-16)17(13-6-4-2)24-18(25)14-22-21(24)26/h9,11-12,17-18,25H,3-8,10,13-14H2,1-2H3,(H,22,26). The number of thiazole rings is 1. The van der Waals surface area contributed by atoms with Crippen LogP contribution in [-0.4, -0.2) is 33.8 Å². The van der Waals surface area contributed by atoms with Crippen LogP contribution in [-0.2, 0) is 6.42 Å². The molecular weight excluding hydrogens is 358 g/mol. The van der Waals surface area contributed by atoms with Gasteiger partial charge >= 0.3 is 6.03 Å². The lowest BCUT2D eigenvalue weighted by molar-refractivity contribution is 0.0344. The number of nitrogens with zero attached hydrogens (tertiary/aromatic N) is 2. The minimum absolute atomic E-state index is 0.159. The number of unbranched alkanes of at least 4 members (excludes halogenated alkanes) is 4. The van der Waals surface area contributed by atoms with Gasteiger partial charge in [-0.3, -0.25) is 4.90 Å². The van der Waals surface area contributed by atoms with Crippen LogP contribution in [0, 0.1) is 0 Å². The first-order valence-corrected chi connectivity index (χ1v) is 11.1. The summed E-state index contributed by atoms with van der Waals surface area (Å²) in [4.78, 5) is 18.7. The number of fused-ring (bicyclic) bond motifs is 1. The summed E-state index contributed by atoms with van der Waals surface area (Å²) in [6, 6.07) is 5.99. The number of urea groups is 1. The zero-order valence-electron chi connectivity index (χ0n) is 16.4. The zero-order chi connectivity index (χ0) is 19.2. The van der Waals surface area contributed by atoms with E-state index < -0.39 is 6.23 Å². The molecule has 0 aliphatic carbocycles. The van der Waals surface area contributed by atoms with Gasteiger partial charge in [-0.15, -0.1) is 11.3 Å². The molecular formula is C21H31N3O2S. The maximum atomic E-state index is 12.3. The maximum absolute atomic E-state index is 12.3. The Morgan fingerprint density at radius 3 is 2.78 bits per heavy atom. The number of amides is 2. The van der Waals surface area contributed by atoms with E-state index in [0.29, 0.717) is 0 Å². The number of aliphatic hydroxyl groups is 1. The molecule has 6 heteroatoms. The molecule has 3 rings (SSSR count). The smallest absolute Gasteiger partial charge is 0.320 e. The number of hydrogen-bond donors (Lipinski definition) is 2. The van der Waals surface area contributed by atoms with E-state index in [2.05, 4.69) is 37.4 Å². The van der Waals surface area contributed by atoms with E-state index in [1.165, 1.54) is 35.9 Å². The number of benzene rings is 1. The highest BCUT2D eigenvalue weighted by Crippen LogP contribution is 2.36. The predicted octanol–water partition coefficient (Wildman–Crippen LogP) is 4.99. The van der Waals surface area contributed by atoms with Gasteiger partial charge in [-0.25, -0.2) is 9.78 Å². The molecule has 1 saturated heterocycles. The first-order chi connectivity index (χ1) is 13.2. The average Bonchev–Trinajstić information content (AvgIpc) is 3.24. The number of β-amino-alcohol motifs (C(OH)–C–C–N with tert-alkyl or cyclic N) is 1. The molecule has 148 valence electrons. The Morgan fingerprint density at radius 1 is 1.26 bits per heavy atom. The molecule has 2 N–H and O–H groups in total. The van der Waals surface area contributed by atoms with Crippen LogP contribution in [0.4, 0.5) is 4.79 Å². The first-order valence-electron chi connectivity index (χ1n) is 10.3. The molecule has 1 aromatic heterocycles. The molecule has 0 spiro atoms. The van der Waals surface area contributed by atoms with Crippen LogP contribution in [0.1, 0.15) is 75.4 Å². The van der Waals surface area contributed by atoms with Crippen molar-refractivity contribution >= 4 is 27.6 Å². The van der Waals surface area contributed by atoms with E-state index in [1.54, 1.807) is 16.2 Å². The Morgan fingerprint density at radius 2 is 2.07 bits per heavy atom. The molecule has 27 heavy (non-hydrogen) atoms. The van der Waals surface area contributed by atoms with Gasteiger partial charge in [-0.1, -0.05) is 58.1 Å². The number of carbonyl (C=O) groups excluding carboxylic acids is 1. The molecule has 1 aliphatic heterocycles. The fourth-order valence-electron chi connectivity index (χ4n) is 3.74. The summed E-state index contributed by atoms with van der Waals surface area (Å²) in [5.41, 5.74) is 2.37. The predicted molar refractivity (Wildman–Crippen MR) is 111 cm³/mol. The molecule has 0 radical (unpaired) electrons. The van der Waals surface area contributed by atoms with Crippen molar-refractivity contribution in [2.24, 2.45) is 0 Å². The summed E-state index contributed by atoms with van der Waals surface area (Å²) in [6.07, 6.45) is 8.16. The van der Waals surface area contributed by atoms with Crippen LogP contribution in [0.5, 0.6) is 0 Å². The highest BCUT2D eigenvalue weighted by atomic mass is 32.1. The SMILES string of the molecule is CCCCCCc1cccc2nc(C(CCCC)N3C(=O)NCC3O)sc12. The van der Waals surface area contributed by atoms with Crippen LogP contribution < -0.4 is 5.32 Å². The van der Waals surface area contributed by atoms with E-state index >= 15 is 0 Å². The van der Waals surface area contributed by atoms with Gasteiger partial charge in [0.1, 0.15) is 11.2 Å². The van der Waals surface area contributed by atoms with Crippen molar-refractivity contribution in [3.8, 4) is 0 Å². The summed E-state index contributed by atoms with van der Waals surface area (Å²) >= 11 is 1.69. The van der Waals surface area contributed by atoms with Crippen molar-refractivity contribution in [1.29, 1.82) is 0 Å². The third kappa shape index (κ3) is 4.61. The van der Waals surface area contributed by atoms with Crippen LogP contribution in [0.3, 0.4) is 0 Å². The average molecular weight is 390 g/mol. The van der Waals surface area contributed by atoms with E-state index in [9.17, 15) is 9.90 Å². The van der Waals surface area contributed by atoms with Gasteiger partial charge in [0.05, 0.1) is 22.8 Å². The minimum atomic E-state index is -0.778. The Bertz CT molecular complexity index is 761. The van der Waals surface area contributed by atoms with Crippen LogP contribution in [0.25, 0.3) is 10.2 Å². The summed E-state index contributed by atoms with van der Waals surface area (Å²) in [5.74, 6) is 0. The number of nitrogens with one attached hydrogen (secondary N) is 1. The summed E-state index contributed by atoms with van der Waals surface area (Å²) in [6.45, 7) is 4.66. The molecule has 0 saturated carbocycles. The summed E-state index contributed by atoms with van der Waals surface area (Å²) in [7, 11) is 0. The van der Waals surface area contributed by atoms with Gasteiger partial charge in [-0.2, -0.15) is 0 Å². The highest BCUT2D eigenvalue weighted by Gasteiger charge is 2.37. The Kier molecular flexibility index (Phi) is 7.07. The topological polar surface area (TPSA) is 65.5 Å². The Hall–Kier alpha value is -1.66. The molecule has 1 aromatic carbocycles. The number of rotatable bonds is 10. The molecule has 2 atom stereocenters. The molecule has 0 bridgehead atoms. The summed E-state index contributed by atoms with van der Waals surface area (Å²) in [5, 5.41) is 14.0. The van der Waals surface area contributed by atoms with Crippen LogP contribution in [0.2, 0.25) is 0 Å². The lowest BCUT2D eigenvalue weighted by Gasteiger charge is -2.27. The van der Waals surface area contributed by atoms with Crippen molar-refractivity contribution < 1.29 is 9.90 Å². The second kappa shape index (κ2) is 9.51. The number of aliphatic hydroxyl groups excluding tert-OH is 1. The van der Waals surface area contributed by atoms with E-state index in [0.717, 1.165) is 36.2 Å². The van der Waals surface area contributed by atoms with Crippen molar-refractivity contribution in [3.63, 3.8) is 0 Å². The van der Waals surface area contributed by atoms with Gasteiger partial charge in [0.2, 0.25) is 0 Å². The fourth-order valence-corrected chi connectivity index (χ4v) is 4.98. The van der Waals surface area contributed by atoms with E-state index in [4.69, 9.17) is 4.98 Å². The minimum Gasteiger partial charge on any atom is -0.372 e. The third-order valence-corrected chi connectivity index (χ3v) is 6.50. The molecule has 1 aliphatic rings. The molecule has 2 aromatic rings. The van der Waals surface area contributed by atoms with Gasteiger partial charge in [0.25, 0.3) is 0 Å². The van der Waals surface area contributed by atoms with Gasteiger partial charge < -0.3 is 10.4 Å². The molecule has 1 fully saturated rings. The van der Waals surface area contributed by atoms with Crippen molar-refractivity contribution in [2.75, 3.05) is 6.54 Å². The van der Waals surface area contributed by atoms with Gasteiger partial charge in [-0.05, 0) is 30.9 Å². The van der Waals surface area contributed by atoms with E-state index in [1.807, 2.05) is 0 Å². The first kappa shape index (κ1) is 20.1. The van der Waals surface area contributed by atoms with Crippen molar-refractivity contribution in [1.82, 2.24) is 15.2 Å². The van der Waals surface area contributed by atoms with Gasteiger partial charge in [0, 0.05) is 0 Å². The van der Waals surface area contributed by atoms with Crippen molar-refractivity contribution in [3.05, 3.63) is 28.8 Å². The summed E-state index contributed by atoms with van der Waals surface area (Å²) < 4.78 is 1.24. The molecule has 2 heterocycles. The lowest BCUT2D eigenvalue weighted by Crippen LogP contribution is -2.37. The zero-order valence-corrected chi connectivity index (χ0v) is 17.2. The number of aryl methyl sites for hydroxylation is 1. The lowest BCUT2D eigenvalue weighted by atomic mass is 10.1. The quantitative estimate of drug-likeness (QED) is 0.562. The fraction of sp³-hybridized carbons (Fsp3) is 0.619. The number of aromatic nitrogens is 1.